The van der Waals surface area contributed by atoms with E-state index >= 15 is 0 Å². The zero-order chi connectivity index (χ0) is 13.4. The lowest BCUT2D eigenvalue weighted by Crippen LogP contribution is -2.41. The Morgan fingerprint density at radius 3 is 3.00 bits per heavy atom. The van der Waals surface area contributed by atoms with Gasteiger partial charge in [0.05, 0.1) is 0 Å². The number of nitrogens with one attached hydrogen (secondary N) is 1. The van der Waals surface area contributed by atoms with Crippen molar-refractivity contribution in [2.24, 2.45) is 5.92 Å². The Morgan fingerprint density at radius 1 is 1.42 bits per heavy atom. The highest BCUT2D eigenvalue weighted by Gasteiger charge is 2.36. The largest absolute Gasteiger partial charge is 0.337 e. The molecule has 3 nitrogen and oxygen atoms in total. The van der Waals surface area contributed by atoms with Crippen LogP contribution in [0.25, 0.3) is 0 Å². The second kappa shape index (κ2) is 5.14. The smallest absolute Gasteiger partial charge is 0.253 e. The Balaban J connectivity index is 1.75. The lowest BCUT2D eigenvalue weighted by molar-refractivity contribution is 0.0785. The van der Waals surface area contributed by atoms with Gasteiger partial charge in [0, 0.05) is 29.7 Å². The van der Waals surface area contributed by atoms with Gasteiger partial charge in [0.1, 0.15) is 0 Å². The summed E-state index contributed by atoms with van der Waals surface area (Å²) in [6.45, 7) is 4.74. The van der Waals surface area contributed by atoms with Crippen molar-refractivity contribution < 1.29 is 4.79 Å². The third kappa shape index (κ3) is 2.49. The molecule has 4 heteroatoms. The molecule has 2 saturated heterocycles. The molecule has 2 atom stereocenters. The van der Waals surface area contributed by atoms with Gasteiger partial charge >= 0.3 is 0 Å². The fraction of sp³-hybridized carbons (Fsp3) is 0.533. The Labute approximate surface area is 118 Å². The van der Waals surface area contributed by atoms with Crippen molar-refractivity contribution in [3.05, 3.63) is 34.3 Å². The van der Waals surface area contributed by atoms with Crippen LogP contribution < -0.4 is 5.32 Å². The van der Waals surface area contributed by atoms with E-state index in [0.717, 1.165) is 25.2 Å². The van der Waals surface area contributed by atoms with E-state index in [1.54, 1.807) is 6.07 Å². The fourth-order valence-corrected chi connectivity index (χ4v) is 3.30. The number of aryl methyl sites for hydroxylation is 1. The summed E-state index contributed by atoms with van der Waals surface area (Å²) in [6, 6.07) is 6.06. The van der Waals surface area contributed by atoms with E-state index in [1.807, 2.05) is 24.0 Å². The van der Waals surface area contributed by atoms with E-state index in [1.165, 1.54) is 12.8 Å². The number of carbonyl (C=O) groups is 1. The molecule has 0 saturated carbocycles. The van der Waals surface area contributed by atoms with Crippen LogP contribution in [0.4, 0.5) is 0 Å². The minimum Gasteiger partial charge on any atom is -0.337 e. The average Bonchev–Trinajstić information content (AvgIpc) is 2.85. The maximum absolute atomic E-state index is 12.5. The predicted octanol–water partition coefficient (Wildman–Crippen LogP) is 2.47. The normalized spacial score (nSPS) is 26.3. The average molecular weight is 279 g/mol. The van der Waals surface area contributed by atoms with Crippen LogP contribution in [0.2, 0.25) is 5.02 Å². The first-order chi connectivity index (χ1) is 9.15. The zero-order valence-corrected chi connectivity index (χ0v) is 11.9. The van der Waals surface area contributed by atoms with E-state index < -0.39 is 0 Å². The SMILES string of the molecule is Cc1ccc(C(=O)N2CC3CCCNC3C2)cc1Cl. The van der Waals surface area contributed by atoms with Gasteiger partial charge in [-0.3, -0.25) is 4.79 Å². The molecule has 0 aliphatic carbocycles. The predicted molar refractivity (Wildman–Crippen MR) is 76.6 cm³/mol. The molecule has 2 aliphatic heterocycles. The second-order valence-electron chi connectivity index (χ2n) is 5.64. The summed E-state index contributed by atoms with van der Waals surface area (Å²) in [5.74, 6) is 0.733. The van der Waals surface area contributed by atoms with Crippen LogP contribution >= 0.6 is 11.6 Å². The highest BCUT2D eigenvalue weighted by molar-refractivity contribution is 6.31. The minimum atomic E-state index is 0.109. The molecule has 2 heterocycles. The van der Waals surface area contributed by atoms with Gasteiger partial charge in [0.25, 0.3) is 5.91 Å². The number of carbonyl (C=O) groups excluding carboxylic acids is 1. The minimum absolute atomic E-state index is 0.109. The summed E-state index contributed by atoms with van der Waals surface area (Å²) in [4.78, 5) is 14.5. The van der Waals surface area contributed by atoms with Crippen LogP contribution in [0.15, 0.2) is 18.2 Å². The number of hydrogen-bond donors (Lipinski definition) is 1. The molecule has 1 amide bonds. The van der Waals surface area contributed by atoms with E-state index in [2.05, 4.69) is 5.32 Å². The monoisotopic (exact) mass is 278 g/mol. The molecule has 0 bridgehead atoms. The number of rotatable bonds is 1. The second-order valence-corrected chi connectivity index (χ2v) is 6.04. The fourth-order valence-electron chi connectivity index (χ4n) is 3.12. The number of nitrogens with zero attached hydrogens (tertiary/aromatic N) is 1. The van der Waals surface area contributed by atoms with Gasteiger partial charge in [-0.15, -0.1) is 0 Å². The van der Waals surface area contributed by atoms with E-state index in [-0.39, 0.29) is 5.91 Å². The summed E-state index contributed by atoms with van der Waals surface area (Å²) in [5.41, 5.74) is 1.71. The number of amides is 1. The first kappa shape index (κ1) is 12.9. The first-order valence-corrected chi connectivity index (χ1v) is 7.32. The third-order valence-corrected chi connectivity index (χ3v) is 4.71. The molecular weight excluding hydrogens is 260 g/mol. The van der Waals surface area contributed by atoms with Crippen molar-refractivity contribution in [1.82, 2.24) is 10.2 Å². The molecule has 1 N–H and O–H groups in total. The highest BCUT2D eigenvalue weighted by atomic mass is 35.5. The van der Waals surface area contributed by atoms with Crippen LogP contribution in [0.3, 0.4) is 0 Å². The number of fused-ring (bicyclic) bond motifs is 1. The van der Waals surface area contributed by atoms with Gasteiger partial charge in [0.15, 0.2) is 0 Å². The molecule has 2 aliphatic rings. The van der Waals surface area contributed by atoms with Gasteiger partial charge in [-0.05, 0) is 49.9 Å². The van der Waals surface area contributed by atoms with Crippen LogP contribution in [0, 0.1) is 12.8 Å². The molecule has 0 spiro atoms. The molecule has 102 valence electrons. The summed E-state index contributed by atoms with van der Waals surface area (Å²) in [7, 11) is 0. The summed E-state index contributed by atoms with van der Waals surface area (Å²) < 4.78 is 0. The number of halogens is 1. The Kier molecular flexibility index (Phi) is 3.50. The van der Waals surface area contributed by atoms with E-state index in [9.17, 15) is 4.79 Å². The van der Waals surface area contributed by atoms with Gasteiger partial charge < -0.3 is 10.2 Å². The third-order valence-electron chi connectivity index (χ3n) is 4.31. The van der Waals surface area contributed by atoms with Gasteiger partial charge in [-0.1, -0.05) is 17.7 Å². The molecule has 2 unspecified atom stereocenters. The van der Waals surface area contributed by atoms with Crippen molar-refractivity contribution in [2.75, 3.05) is 19.6 Å². The van der Waals surface area contributed by atoms with Crippen molar-refractivity contribution in [3.63, 3.8) is 0 Å². The highest BCUT2D eigenvalue weighted by Crippen LogP contribution is 2.26. The van der Waals surface area contributed by atoms with Crippen LogP contribution in [-0.4, -0.2) is 36.5 Å². The van der Waals surface area contributed by atoms with Gasteiger partial charge in [-0.25, -0.2) is 0 Å². The molecule has 1 aromatic carbocycles. The molecule has 1 aromatic rings. The quantitative estimate of drug-likeness (QED) is 0.856. The van der Waals surface area contributed by atoms with Crippen molar-refractivity contribution >= 4 is 17.5 Å². The summed E-state index contributed by atoms with van der Waals surface area (Å²) in [5, 5.41) is 4.19. The maximum atomic E-state index is 12.5. The maximum Gasteiger partial charge on any atom is 0.253 e. The number of hydrogen-bond acceptors (Lipinski definition) is 2. The lowest BCUT2D eigenvalue weighted by atomic mass is 9.94. The zero-order valence-electron chi connectivity index (χ0n) is 11.2. The van der Waals surface area contributed by atoms with Crippen molar-refractivity contribution in [1.29, 1.82) is 0 Å². The number of benzene rings is 1. The lowest BCUT2D eigenvalue weighted by Gasteiger charge is -2.24. The van der Waals surface area contributed by atoms with Gasteiger partial charge in [-0.2, -0.15) is 0 Å². The molecule has 3 rings (SSSR count). The van der Waals surface area contributed by atoms with Crippen LogP contribution in [0.5, 0.6) is 0 Å². The number of piperidine rings is 1. The van der Waals surface area contributed by atoms with Crippen LogP contribution in [0.1, 0.15) is 28.8 Å². The topological polar surface area (TPSA) is 32.3 Å². The number of likely N-dealkylation sites (tertiary alicyclic amines) is 1. The van der Waals surface area contributed by atoms with Crippen molar-refractivity contribution in [3.8, 4) is 0 Å². The molecule has 19 heavy (non-hydrogen) atoms. The van der Waals surface area contributed by atoms with Crippen LogP contribution in [-0.2, 0) is 0 Å². The first-order valence-electron chi connectivity index (χ1n) is 6.94. The Bertz CT molecular complexity index is 489. The molecule has 2 fully saturated rings. The van der Waals surface area contributed by atoms with E-state index in [0.29, 0.717) is 22.5 Å². The standard InChI is InChI=1S/C15H19ClN2O/c1-10-4-5-11(7-13(10)16)15(19)18-8-12-3-2-6-17-14(12)9-18/h4-5,7,12,14,17H,2-3,6,8-9H2,1H3. The Hall–Kier alpha value is -1.06. The molecular formula is C15H19ClN2O. The van der Waals surface area contributed by atoms with E-state index in [4.69, 9.17) is 11.6 Å². The van der Waals surface area contributed by atoms with Crippen molar-refractivity contribution in [2.45, 2.75) is 25.8 Å². The molecule has 0 aromatic heterocycles. The molecule has 0 radical (unpaired) electrons. The Morgan fingerprint density at radius 2 is 2.26 bits per heavy atom. The van der Waals surface area contributed by atoms with Gasteiger partial charge in [0.2, 0.25) is 0 Å². The summed E-state index contributed by atoms with van der Waals surface area (Å²) >= 11 is 6.10. The summed E-state index contributed by atoms with van der Waals surface area (Å²) in [6.07, 6.45) is 2.45.